The molecule has 0 radical (unpaired) electrons. The molecule has 0 spiro atoms. The van der Waals surface area contributed by atoms with Crippen LogP contribution in [0.2, 0.25) is 0 Å². The molecular formula is C20H24N2O5S. The highest BCUT2D eigenvalue weighted by Crippen LogP contribution is 2.31. The molecule has 1 aliphatic heterocycles. The van der Waals surface area contributed by atoms with Crippen LogP contribution in [0.1, 0.15) is 24.8 Å². The number of ether oxygens (including phenoxy) is 2. The molecule has 2 N–H and O–H groups in total. The third kappa shape index (κ3) is 5.46. The first-order valence-corrected chi connectivity index (χ1v) is 10.7. The van der Waals surface area contributed by atoms with E-state index < -0.39 is 10.0 Å². The Kier molecular flexibility index (Phi) is 6.53. The van der Waals surface area contributed by atoms with E-state index in [0.29, 0.717) is 31.1 Å². The Balaban J connectivity index is 1.49. The number of fused-ring (bicyclic) bond motifs is 1. The van der Waals surface area contributed by atoms with Crippen LogP contribution in [-0.2, 0) is 14.8 Å². The number of hydrogen-bond acceptors (Lipinski definition) is 5. The minimum Gasteiger partial charge on any atom is -0.490 e. The van der Waals surface area contributed by atoms with Gasteiger partial charge in [-0.05, 0) is 37.6 Å². The molecule has 8 heteroatoms. The largest absolute Gasteiger partial charge is 0.490 e. The van der Waals surface area contributed by atoms with Crippen molar-refractivity contribution in [3.05, 3.63) is 48.0 Å². The van der Waals surface area contributed by atoms with Gasteiger partial charge in [0.25, 0.3) is 0 Å². The van der Waals surface area contributed by atoms with E-state index in [1.807, 2.05) is 31.2 Å². The Morgan fingerprint density at radius 3 is 2.50 bits per heavy atom. The SMILES string of the molecule is Cc1ccc(NC(=O)CCCNS(=O)(=O)c2ccc3c(c2)OCCCO3)cc1. The molecule has 1 heterocycles. The van der Waals surface area contributed by atoms with E-state index in [0.717, 1.165) is 17.7 Å². The first-order chi connectivity index (χ1) is 13.4. The van der Waals surface area contributed by atoms with Crippen LogP contribution in [-0.4, -0.2) is 34.1 Å². The molecule has 2 aromatic carbocycles. The first-order valence-electron chi connectivity index (χ1n) is 9.20. The van der Waals surface area contributed by atoms with Crippen molar-refractivity contribution in [3.8, 4) is 11.5 Å². The van der Waals surface area contributed by atoms with E-state index >= 15 is 0 Å². The summed E-state index contributed by atoms with van der Waals surface area (Å²) in [6.45, 7) is 3.17. The topological polar surface area (TPSA) is 93.7 Å². The molecule has 2 aromatic rings. The smallest absolute Gasteiger partial charge is 0.240 e. The number of anilines is 1. The lowest BCUT2D eigenvalue weighted by Gasteiger charge is -2.11. The number of hydrogen-bond donors (Lipinski definition) is 2. The van der Waals surface area contributed by atoms with Crippen molar-refractivity contribution in [2.45, 2.75) is 31.1 Å². The minimum absolute atomic E-state index is 0.112. The normalized spacial score (nSPS) is 13.6. The fraction of sp³-hybridized carbons (Fsp3) is 0.350. The second-order valence-electron chi connectivity index (χ2n) is 6.57. The van der Waals surface area contributed by atoms with E-state index in [1.54, 1.807) is 6.07 Å². The van der Waals surface area contributed by atoms with Crippen LogP contribution in [0.3, 0.4) is 0 Å². The predicted octanol–water partition coefficient (Wildman–Crippen LogP) is 2.85. The van der Waals surface area contributed by atoms with E-state index in [2.05, 4.69) is 10.0 Å². The number of amides is 1. The summed E-state index contributed by atoms with van der Waals surface area (Å²) in [5.74, 6) is 0.820. The van der Waals surface area contributed by atoms with Gasteiger partial charge >= 0.3 is 0 Å². The molecule has 7 nitrogen and oxygen atoms in total. The van der Waals surface area contributed by atoms with Crippen LogP contribution in [0.5, 0.6) is 11.5 Å². The zero-order valence-corrected chi connectivity index (χ0v) is 16.6. The van der Waals surface area contributed by atoms with Crippen molar-refractivity contribution in [1.82, 2.24) is 4.72 Å². The van der Waals surface area contributed by atoms with Gasteiger partial charge < -0.3 is 14.8 Å². The molecule has 0 fully saturated rings. The third-order valence-electron chi connectivity index (χ3n) is 4.24. The maximum absolute atomic E-state index is 12.5. The molecule has 0 bridgehead atoms. The van der Waals surface area contributed by atoms with Crippen molar-refractivity contribution >= 4 is 21.6 Å². The van der Waals surface area contributed by atoms with Gasteiger partial charge in [0.15, 0.2) is 11.5 Å². The summed E-state index contributed by atoms with van der Waals surface area (Å²) >= 11 is 0. The van der Waals surface area contributed by atoms with Gasteiger partial charge in [-0.3, -0.25) is 4.79 Å². The Bertz CT molecular complexity index is 926. The van der Waals surface area contributed by atoms with Crippen LogP contribution in [0.15, 0.2) is 47.4 Å². The lowest BCUT2D eigenvalue weighted by atomic mass is 10.2. The summed E-state index contributed by atoms with van der Waals surface area (Å²) in [4.78, 5) is 12.1. The lowest BCUT2D eigenvalue weighted by molar-refractivity contribution is -0.116. The fourth-order valence-electron chi connectivity index (χ4n) is 2.71. The van der Waals surface area contributed by atoms with Gasteiger partial charge in [0.05, 0.1) is 18.1 Å². The van der Waals surface area contributed by atoms with E-state index in [1.165, 1.54) is 12.1 Å². The van der Waals surface area contributed by atoms with Crippen LogP contribution in [0.25, 0.3) is 0 Å². The third-order valence-corrected chi connectivity index (χ3v) is 5.70. The van der Waals surface area contributed by atoms with Gasteiger partial charge in [-0.1, -0.05) is 17.7 Å². The Hall–Kier alpha value is -2.58. The fourth-order valence-corrected chi connectivity index (χ4v) is 3.80. The summed E-state index contributed by atoms with van der Waals surface area (Å²) in [7, 11) is -3.68. The number of aryl methyl sites for hydroxylation is 1. The van der Waals surface area contributed by atoms with Gasteiger partial charge in [-0.25, -0.2) is 13.1 Å². The summed E-state index contributed by atoms with van der Waals surface area (Å²) in [5, 5.41) is 2.79. The first kappa shape index (κ1) is 20.2. The van der Waals surface area contributed by atoms with Crippen LogP contribution < -0.4 is 19.5 Å². The average Bonchev–Trinajstić information content (AvgIpc) is 2.92. The minimum atomic E-state index is -3.68. The second-order valence-corrected chi connectivity index (χ2v) is 8.34. The van der Waals surface area contributed by atoms with E-state index in [4.69, 9.17) is 9.47 Å². The second kappa shape index (κ2) is 9.07. The van der Waals surface area contributed by atoms with Crippen molar-refractivity contribution in [1.29, 1.82) is 0 Å². The number of rotatable bonds is 7. The Morgan fingerprint density at radius 2 is 1.75 bits per heavy atom. The molecule has 0 unspecified atom stereocenters. The van der Waals surface area contributed by atoms with Gasteiger partial charge in [-0.2, -0.15) is 0 Å². The number of benzene rings is 2. The standard InChI is InChI=1S/C20H24N2O5S/c1-15-5-7-16(8-6-15)22-20(23)4-2-11-21-28(24,25)17-9-10-18-19(14-17)27-13-3-12-26-18/h5-10,14,21H,2-4,11-13H2,1H3,(H,22,23). The molecule has 1 aliphatic rings. The summed E-state index contributed by atoms with van der Waals surface area (Å²) in [5.41, 5.74) is 1.84. The lowest BCUT2D eigenvalue weighted by Crippen LogP contribution is -2.25. The van der Waals surface area contributed by atoms with E-state index in [9.17, 15) is 13.2 Å². The highest BCUT2D eigenvalue weighted by molar-refractivity contribution is 7.89. The quantitative estimate of drug-likeness (QED) is 0.692. The summed E-state index contributed by atoms with van der Waals surface area (Å²) in [6, 6.07) is 12.1. The number of carbonyl (C=O) groups excluding carboxylic acids is 1. The number of sulfonamides is 1. The Labute approximate surface area is 165 Å². The van der Waals surface area contributed by atoms with Crippen molar-refractivity contribution in [2.24, 2.45) is 0 Å². The molecule has 1 amide bonds. The van der Waals surface area contributed by atoms with Crippen molar-refractivity contribution in [3.63, 3.8) is 0 Å². The van der Waals surface area contributed by atoms with Crippen LogP contribution >= 0.6 is 0 Å². The molecule has 0 aromatic heterocycles. The summed E-state index contributed by atoms with van der Waals surface area (Å²) < 4.78 is 38.5. The Morgan fingerprint density at radius 1 is 1.04 bits per heavy atom. The maximum atomic E-state index is 12.5. The molecule has 150 valence electrons. The molecule has 3 rings (SSSR count). The van der Waals surface area contributed by atoms with Crippen LogP contribution in [0.4, 0.5) is 5.69 Å². The molecule has 0 saturated heterocycles. The monoisotopic (exact) mass is 404 g/mol. The number of carbonyl (C=O) groups is 1. The molecule has 0 aliphatic carbocycles. The predicted molar refractivity (Wildman–Crippen MR) is 106 cm³/mol. The zero-order valence-electron chi connectivity index (χ0n) is 15.7. The summed E-state index contributed by atoms with van der Waals surface area (Å²) in [6.07, 6.45) is 1.36. The van der Waals surface area contributed by atoms with Gasteiger partial charge in [-0.15, -0.1) is 0 Å². The number of nitrogens with one attached hydrogen (secondary N) is 2. The highest BCUT2D eigenvalue weighted by Gasteiger charge is 2.18. The van der Waals surface area contributed by atoms with Gasteiger partial charge in [0.2, 0.25) is 15.9 Å². The molecule has 0 atom stereocenters. The zero-order chi connectivity index (χ0) is 20.0. The van der Waals surface area contributed by atoms with Crippen LogP contribution in [0, 0.1) is 6.92 Å². The van der Waals surface area contributed by atoms with Gasteiger partial charge in [0, 0.05) is 31.1 Å². The van der Waals surface area contributed by atoms with Gasteiger partial charge in [0.1, 0.15) is 0 Å². The van der Waals surface area contributed by atoms with Crippen molar-refractivity contribution in [2.75, 3.05) is 25.1 Å². The molecule has 28 heavy (non-hydrogen) atoms. The highest BCUT2D eigenvalue weighted by atomic mass is 32.2. The maximum Gasteiger partial charge on any atom is 0.240 e. The molecular weight excluding hydrogens is 380 g/mol. The molecule has 0 saturated carbocycles. The van der Waals surface area contributed by atoms with E-state index in [-0.39, 0.29) is 23.8 Å². The van der Waals surface area contributed by atoms with Crippen molar-refractivity contribution < 1.29 is 22.7 Å². The average molecular weight is 404 g/mol.